The van der Waals surface area contributed by atoms with Gasteiger partial charge in [0.2, 0.25) is 11.8 Å². The average molecular weight is 510 g/mol. The fraction of sp³-hybridized carbons (Fsp3) is 0.885. The van der Waals surface area contributed by atoms with Crippen LogP contribution in [0.4, 0.5) is 13.2 Å². The third-order valence-electron chi connectivity index (χ3n) is 6.47. The molecule has 9 heteroatoms. The number of amides is 2. The van der Waals surface area contributed by atoms with Gasteiger partial charge in [-0.3, -0.25) is 19.7 Å². The van der Waals surface area contributed by atoms with Crippen LogP contribution in [0, 0.1) is 28.6 Å². The molecule has 0 aliphatic carbocycles. The summed E-state index contributed by atoms with van der Waals surface area (Å²) in [4.78, 5) is 38.5. The lowest BCUT2D eigenvalue weighted by Gasteiger charge is -2.37. The van der Waals surface area contributed by atoms with E-state index in [0.717, 1.165) is 0 Å². The number of alkyl halides is 3. The van der Waals surface area contributed by atoms with Crippen molar-refractivity contribution in [3.05, 3.63) is 0 Å². The van der Waals surface area contributed by atoms with E-state index >= 15 is 0 Å². The fourth-order valence-corrected chi connectivity index (χ4v) is 4.17. The highest BCUT2D eigenvalue weighted by atomic mass is 19.4. The van der Waals surface area contributed by atoms with Crippen molar-refractivity contribution in [3.63, 3.8) is 0 Å². The highest BCUT2D eigenvalue weighted by Crippen LogP contribution is 2.40. The predicted octanol–water partition coefficient (Wildman–Crippen LogP) is 5.81. The number of hydrogen-bond acceptors (Lipinski definition) is 5. The van der Waals surface area contributed by atoms with Crippen molar-refractivity contribution >= 4 is 17.8 Å². The lowest BCUT2D eigenvalue weighted by atomic mass is 9.71. The van der Waals surface area contributed by atoms with Gasteiger partial charge in [0.05, 0.1) is 5.41 Å². The van der Waals surface area contributed by atoms with E-state index in [1.807, 2.05) is 13.8 Å². The molecule has 0 rings (SSSR count). The van der Waals surface area contributed by atoms with Crippen LogP contribution in [0.25, 0.3) is 0 Å². The van der Waals surface area contributed by atoms with Gasteiger partial charge in [0.25, 0.3) is 0 Å². The molecule has 0 fully saturated rings. The molecule has 0 aromatic heterocycles. The number of imide groups is 1. The summed E-state index contributed by atoms with van der Waals surface area (Å²) >= 11 is 0. The number of esters is 1. The lowest BCUT2D eigenvalue weighted by molar-refractivity contribution is -0.262. The lowest BCUT2D eigenvalue weighted by Crippen LogP contribution is -2.48. The van der Waals surface area contributed by atoms with Crippen LogP contribution in [-0.2, 0) is 19.1 Å². The summed E-state index contributed by atoms with van der Waals surface area (Å²) in [6, 6.07) is 0. The first-order valence-electron chi connectivity index (χ1n) is 12.4. The third-order valence-corrected chi connectivity index (χ3v) is 6.47. The van der Waals surface area contributed by atoms with Crippen LogP contribution in [0.2, 0.25) is 0 Å². The zero-order valence-corrected chi connectivity index (χ0v) is 23.1. The highest BCUT2D eigenvalue weighted by Gasteiger charge is 2.52. The first-order chi connectivity index (χ1) is 15.6. The Bertz CT molecular complexity index is 731. The zero-order chi connectivity index (χ0) is 28.0. The number of nitrogens with one attached hydrogen (secondary N) is 1. The number of aliphatic hydroxyl groups is 1. The molecule has 0 saturated carbocycles. The number of hydrogen-bond donors (Lipinski definition) is 2. The van der Waals surface area contributed by atoms with Gasteiger partial charge in [0.1, 0.15) is 6.10 Å². The Morgan fingerprint density at radius 2 is 1.40 bits per heavy atom. The van der Waals surface area contributed by atoms with Crippen LogP contribution >= 0.6 is 0 Å². The minimum atomic E-state index is -4.87. The van der Waals surface area contributed by atoms with Gasteiger partial charge in [0, 0.05) is 17.8 Å². The number of halogens is 3. The second-order valence-electron chi connectivity index (χ2n) is 12.0. The van der Waals surface area contributed by atoms with Gasteiger partial charge in [-0.05, 0) is 51.4 Å². The van der Waals surface area contributed by atoms with E-state index in [1.165, 1.54) is 0 Å². The van der Waals surface area contributed by atoms with Gasteiger partial charge in [-0.25, -0.2) is 0 Å². The van der Waals surface area contributed by atoms with Crippen molar-refractivity contribution in [1.29, 1.82) is 0 Å². The zero-order valence-electron chi connectivity index (χ0n) is 23.1. The molecular weight excluding hydrogens is 463 g/mol. The Morgan fingerprint density at radius 3 is 1.80 bits per heavy atom. The molecule has 35 heavy (non-hydrogen) atoms. The summed E-state index contributed by atoms with van der Waals surface area (Å²) in [5, 5.41) is 12.4. The molecular formula is C26H46F3NO5. The molecule has 0 saturated heterocycles. The molecule has 0 spiro atoms. The van der Waals surface area contributed by atoms with E-state index in [1.54, 1.807) is 48.5 Å². The Labute approximate surface area is 208 Å². The largest absolute Gasteiger partial charge is 0.462 e. The molecule has 206 valence electrons. The second-order valence-corrected chi connectivity index (χ2v) is 12.0. The summed E-state index contributed by atoms with van der Waals surface area (Å²) in [5.41, 5.74) is -5.32. The Morgan fingerprint density at radius 1 is 0.914 bits per heavy atom. The van der Waals surface area contributed by atoms with E-state index in [2.05, 4.69) is 5.32 Å². The topological polar surface area (TPSA) is 92.7 Å². The van der Waals surface area contributed by atoms with Crippen molar-refractivity contribution < 1.29 is 37.4 Å². The SMILES string of the molecule is CCC(C)(CC(C)(C)C(=O)NC(=O)C(C)CC(C)C)C(=O)OC(CC(C)C)CC(C)(O)C(F)(F)F. The quantitative estimate of drug-likeness (QED) is 0.306. The maximum atomic E-state index is 13.2. The normalized spacial score (nSPS) is 17.9. The van der Waals surface area contributed by atoms with Crippen LogP contribution in [-0.4, -0.2) is 40.8 Å². The Hall–Kier alpha value is -1.64. The van der Waals surface area contributed by atoms with Crippen molar-refractivity contribution in [2.24, 2.45) is 28.6 Å². The summed E-state index contributed by atoms with van der Waals surface area (Å²) in [6.07, 6.45) is -5.75. The fourth-order valence-electron chi connectivity index (χ4n) is 4.17. The van der Waals surface area contributed by atoms with Crippen LogP contribution in [0.3, 0.4) is 0 Å². The Kier molecular flexibility index (Phi) is 12.0. The Balaban J connectivity index is 5.60. The summed E-state index contributed by atoms with van der Waals surface area (Å²) < 4.78 is 45.3. The van der Waals surface area contributed by atoms with Gasteiger partial charge in [-0.1, -0.05) is 55.4 Å². The highest BCUT2D eigenvalue weighted by molar-refractivity contribution is 5.98. The van der Waals surface area contributed by atoms with E-state index < -0.39 is 47.0 Å². The van der Waals surface area contributed by atoms with Crippen LogP contribution < -0.4 is 5.32 Å². The summed E-state index contributed by atoms with van der Waals surface area (Å²) in [6.45, 7) is 16.5. The van der Waals surface area contributed by atoms with Gasteiger partial charge < -0.3 is 9.84 Å². The first-order valence-corrected chi connectivity index (χ1v) is 12.4. The number of carbonyl (C=O) groups is 3. The molecule has 0 bridgehead atoms. The van der Waals surface area contributed by atoms with Gasteiger partial charge in [0.15, 0.2) is 5.60 Å². The molecule has 2 N–H and O–H groups in total. The molecule has 0 aliphatic heterocycles. The van der Waals surface area contributed by atoms with Crippen LogP contribution in [0.1, 0.15) is 101 Å². The standard InChI is InChI=1S/C26H46F3NO5/c1-11-24(9,15-23(7,8)21(32)30-20(31)18(6)12-16(2)3)22(33)35-19(13-17(4)5)14-25(10,34)26(27,28)29/h16-19,34H,11-15H2,1-10H3,(H,30,31,32). The van der Waals surface area contributed by atoms with E-state index in [0.29, 0.717) is 13.3 Å². The molecule has 4 atom stereocenters. The third kappa shape index (κ3) is 10.5. The minimum absolute atomic E-state index is 0.0249. The number of ether oxygens (including phenoxy) is 1. The van der Waals surface area contributed by atoms with Crippen molar-refractivity contribution in [1.82, 2.24) is 5.32 Å². The summed E-state index contributed by atoms with van der Waals surface area (Å²) in [7, 11) is 0. The molecule has 2 amide bonds. The van der Waals surface area contributed by atoms with E-state index in [9.17, 15) is 32.7 Å². The van der Waals surface area contributed by atoms with E-state index in [-0.39, 0.29) is 42.9 Å². The van der Waals surface area contributed by atoms with E-state index in [4.69, 9.17) is 4.74 Å². The summed E-state index contributed by atoms with van der Waals surface area (Å²) in [5.74, 6) is -1.78. The maximum Gasteiger partial charge on any atom is 0.417 e. The monoisotopic (exact) mass is 509 g/mol. The van der Waals surface area contributed by atoms with Crippen molar-refractivity contribution in [2.75, 3.05) is 0 Å². The van der Waals surface area contributed by atoms with Gasteiger partial charge in [-0.15, -0.1) is 0 Å². The molecule has 0 aromatic carbocycles. The molecule has 0 aliphatic rings. The number of carbonyl (C=O) groups excluding carboxylic acids is 3. The molecule has 0 heterocycles. The smallest absolute Gasteiger partial charge is 0.417 e. The minimum Gasteiger partial charge on any atom is -0.462 e. The predicted molar refractivity (Wildman–Crippen MR) is 129 cm³/mol. The van der Waals surface area contributed by atoms with Crippen LogP contribution in [0.15, 0.2) is 0 Å². The first kappa shape index (κ1) is 33.4. The molecule has 6 nitrogen and oxygen atoms in total. The van der Waals surface area contributed by atoms with Gasteiger partial charge in [-0.2, -0.15) is 13.2 Å². The van der Waals surface area contributed by atoms with Gasteiger partial charge >= 0.3 is 12.1 Å². The van der Waals surface area contributed by atoms with Crippen molar-refractivity contribution in [2.45, 2.75) is 119 Å². The number of rotatable bonds is 13. The molecule has 0 aromatic rings. The average Bonchev–Trinajstić information content (AvgIpc) is 2.64. The molecule has 0 radical (unpaired) electrons. The second kappa shape index (κ2) is 12.5. The van der Waals surface area contributed by atoms with Crippen LogP contribution in [0.5, 0.6) is 0 Å². The maximum absolute atomic E-state index is 13.2. The van der Waals surface area contributed by atoms with Crippen molar-refractivity contribution in [3.8, 4) is 0 Å². The molecule has 4 unspecified atom stereocenters.